The van der Waals surface area contributed by atoms with Crippen LogP contribution in [0.2, 0.25) is 0 Å². The molecule has 2 aromatic heterocycles. The van der Waals surface area contributed by atoms with Gasteiger partial charge in [-0.1, -0.05) is 35.9 Å². The number of hydrogen-bond donors (Lipinski definition) is 1. The Morgan fingerprint density at radius 2 is 1.83 bits per heavy atom. The minimum Gasteiger partial charge on any atom is -0.467 e. The van der Waals surface area contributed by atoms with Crippen LogP contribution in [-0.4, -0.2) is 33.2 Å². The summed E-state index contributed by atoms with van der Waals surface area (Å²) in [7, 11) is 1.92. The van der Waals surface area contributed by atoms with E-state index < -0.39 is 0 Å². The van der Waals surface area contributed by atoms with Crippen molar-refractivity contribution in [2.75, 3.05) is 11.4 Å². The predicted molar refractivity (Wildman–Crippen MR) is 136 cm³/mol. The smallest absolute Gasteiger partial charge is 0.318 e. The third-order valence-corrected chi connectivity index (χ3v) is 6.53. The van der Waals surface area contributed by atoms with Crippen LogP contribution in [0.1, 0.15) is 38.6 Å². The Morgan fingerprint density at radius 1 is 1.06 bits per heavy atom. The van der Waals surface area contributed by atoms with E-state index in [1.807, 2.05) is 79.3 Å². The van der Waals surface area contributed by atoms with Gasteiger partial charge in [-0.15, -0.1) is 0 Å². The number of carbonyl (C=O) groups is 2. The highest BCUT2D eigenvalue weighted by Crippen LogP contribution is 2.26. The Kier molecular flexibility index (Phi) is 6.58. The molecule has 4 aromatic rings. The zero-order valence-electron chi connectivity index (χ0n) is 20.5. The molecule has 0 fully saturated rings. The second-order valence-corrected chi connectivity index (χ2v) is 9.00. The molecular formula is C28H29N5O3. The standard InChI is InChI=1S/C28H29N5O3/c1-20-10-12-21(13-11-20)27(34)33(22-7-4-3-5-8-22)19-25-24-18-32(15-14-26(24)31(2)30-25)28(35)29-17-23-9-6-16-36-23/h3-13,16H,14-15,17-19H2,1-2H3,(H,29,35). The first-order chi connectivity index (χ1) is 17.5. The second-order valence-electron chi connectivity index (χ2n) is 9.00. The van der Waals surface area contributed by atoms with Crippen molar-refractivity contribution >= 4 is 17.6 Å². The lowest BCUT2D eigenvalue weighted by Crippen LogP contribution is -2.43. The fourth-order valence-electron chi connectivity index (χ4n) is 4.55. The van der Waals surface area contributed by atoms with Crippen molar-refractivity contribution < 1.29 is 14.0 Å². The van der Waals surface area contributed by atoms with Gasteiger partial charge in [0.2, 0.25) is 0 Å². The molecule has 1 aliphatic heterocycles. The zero-order valence-corrected chi connectivity index (χ0v) is 20.5. The molecular weight excluding hydrogens is 454 g/mol. The summed E-state index contributed by atoms with van der Waals surface area (Å²) in [5.74, 6) is 0.612. The van der Waals surface area contributed by atoms with Crippen molar-refractivity contribution in [2.24, 2.45) is 7.05 Å². The van der Waals surface area contributed by atoms with Gasteiger partial charge < -0.3 is 19.5 Å². The van der Waals surface area contributed by atoms with Gasteiger partial charge in [0.25, 0.3) is 5.91 Å². The predicted octanol–water partition coefficient (Wildman–Crippen LogP) is 4.44. The van der Waals surface area contributed by atoms with Gasteiger partial charge in [-0.2, -0.15) is 5.10 Å². The first-order valence-electron chi connectivity index (χ1n) is 12.0. The van der Waals surface area contributed by atoms with E-state index in [2.05, 4.69) is 5.32 Å². The number of aryl methyl sites for hydroxylation is 2. The summed E-state index contributed by atoms with van der Waals surface area (Å²) >= 11 is 0. The fraction of sp³-hybridized carbons (Fsp3) is 0.250. The number of hydrogen-bond acceptors (Lipinski definition) is 4. The Balaban J connectivity index is 1.39. The minimum absolute atomic E-state index is 0.0931. The molecule has 2 aromatic carbocycles. The molecule has 8 nitrogen and oxygen atoms in total. The Morgan fingerprint density at radius 3 is 2.56 bits per heavy atom. The molecule has 36 heavy (non-hydrogen) atoms. The third-order valence-electron chi connectivity index (χ3n) is 6.53. The average molecular weight is 484 g/mol. The van der Waals surface area contributed by atoms with Gasteiger partial charge in [0.1, 0.15) is 5.76 Å². The van der Waals surface area contributed by atoms with Gasteiger partial charge in [-0.3, -0.25) is 9.48 Å². The number of carbonyl (C=O) groups excluding carboxylic acids is 2. The highest BCUT2D eigenvalue weighted by Gasteiger charge is 2.29. The summed E-state index contributed by atoms with van der Waals surface area (Å²) in [6.07, 6.45) is 2.29. The summed E-state index contributed by atoms with van der Waals surface area (Å²) in [6, 6.07) is 20.7. The number of anilines is 1. The molecule has 1 aliphatic rings. The molecule has 184 valence electrons. The number of para-hydroxylation sites is 1. The number of benzene rings is 2. The van der Waals surface area contributed by atoms with Gasteiger partial charge >= 0.3 is 6.03 Å². The SMILES string of the molecule is Cc1ccc(C(=O)N(Cc2nn(C)c3c2CN(C(=O)NCc2ccco2)CC3)c2ccccc2)cc1. The quantitative estimate of drug-likeness (QED) is 0.440. The van der Waals surface area contributed by atoms with Gasteiger partial charge in [0, 0.05) is 42.5 Å². The van der Waals surface area contributed by atoms with Crippen LogP contribution < -0.4 is 10.2 Å². The molecule has 0 bridgehead atoms. The van der Waals surface area contributed by atoms with E-state index in [9.17, 15) is 9.59 Å². The van der Waals surface area contributed by atoms with E-state index in [4.69, 9.17) is 9.52 Å². The molecule has 5 rings (SSSR count). The second kappa shape index (κ2) is 10.1. The van der Waals surface area contributed by atoms with Crippen molar-refractivity contribution in [1.82, 2.24) is 20.0 Å². The van der Waals surface area contributed by atoms with E-state index in [1.54, 1.807) is 22.1 Å². The maximum absolute atomic E-state index is 13.6. The highest BCUT2D eigenvalue weighted by molar-refractivity contribution is 6.06. The molecule has 8 heteroatoms. The van der Waals surface area contributed by atoms with Gasteiger partial charge in [0.05, 0.1) is 31.6 Å². The fourth-order valence-corrected chi connectivity index (χ4v) is 4.55. The van der Waals surface area contributed by atoms with E-state index in [0.29, 0.717) is 43.9 Å². The van der Waals surface area contributed by atoms with Crippen LogP contribution >= 0.6 is 0 Å². The van der Waals surface area contributed by atoms with E-state index in [-0.39, 0.29) is 11.9 Å². The molecule has 0 saturated heterocycles. The number of nitrogens with one attached hydrogen (secondary N) is 1. The average Bonchev–Trinajstić information content (AvgIpc) is 3.54. The number of nitrogens with zero attached hydrogens (tertiary/aromatic N) is 4. The summed E-state index contributed by atoms with van der Waals surface area (Å²) in [5, 5.41) is 7.70. The number of aromatic nitrogens is 2. The Labute approximate surface area is 210 Å². The largest absolute Gasteiger partial charge is 0.467 e. The monoisotopic (exact) mass is 483 g/mol. The topological polar surface area (TPSA) is 83.6 Å². The van der Waals surface area contributed by atoms with Crippen molar-refractivity contribution in [3.8, 4) is 0 Å². The lowest BCUT2D eigenvalue weighted by molar-refractivity contribution is 0.0984. The van der Waals surface area contributed by atoms with Crippen LogP contribution in [0.15, 0.2) is 77.4 Å². The van der Waals surface area contributed by atoms with Crippen molar-refractivity contribution in [3.05, 3.63) is 107 Å². The molecule has 3 heterocycles. The first-order valence-corrected chi connectivity index (χ1v) is 12.0. The summed E-state index contributed by atoms with van der Waals surface area (Å²) in [4.78, 5) is 30.0. The van der Waals surface area contributed by atoms with E-state index in [0.717, 1.165) is 28.2 Å². The number of urea groups is 1. The van der Waals surface area contributed by atoms with E-state index >= 15 is 0 Å². The zero-order chi connectivity index (χ0) is 25.1. The van der Waals surface area contributed by atoms with Gasteiger partial charge in [-0.25, -0.2) is 4.79 Å². The van der Waals surface area contributed by atoms with Crippen LogP contribution in [0.5, 0.6) is 0 Å². The third kappa shape index (κ3) is 4.88. The maximum Gasteiger partial charge on any atom is 0.318 e. The molecule has 3 amide bonds. The lowest BCUT2D eigenvalue weighted by atomic mass is 10.0. The number of rotatable bonds is 6. The van der Waals surface area contributed by atoms with Crippen molar-refractivity contribution in [1.29, 1.82) is 0 Å². The molecule has 0 spiro atoms. The number of amides is 3. The van der Waals surface area contributed by atoms with E-state index in [1.165, 1.54) is 0 Å². The van der Waals surface area contributed by atoms with Crippen LogP contribution in [0.4, 0.5) is 10.5 Å². The van der Waals surface area contributed by atoms with Crippen LogP contribution in [0.25, 0.3) is 0 Å². The van der Waals surface area contributed by atoms with Crippen molar-refractivity contribution in [3.63, 3.8) is 0 Å². The number of fused-ring (bicyclic) bond motifs is 1. The Hall–Kier alpha value is -4.33. The maximum atomic E-state index is 13.6. The molecule has 0 aliphatic carbocycles. The molecule has 0 unspecified atom stereocenters. The van der Waals surface area contributed by atoms with Crippen molar-refractivity contribution in [2.45, 2.75) is 33.0 Å². The number of furan rings is 1. The summed E-state index contributed by atoms with van der Waals surface area (Å²) in [6.45, 7) is 3.67. The Bertz CT molecular complexity index is 1340. The first kappa shape index (κ1) is 23.4. The van der Waals surface area contributed by atoms with Gasteiger partial charge in [-0.05, 0) is 43.3 Å². The summed E-state index contributed by atoms with van der Waals surface area (Å²) < 4.78 is 7.19. The molecule has 0 saturated carbocycles. The molecule has 1 N–H and O–H groups in total. The summed E-state index contributed by atoms with van der Waals surface area (Å²) in [5.41, 5.74) is 5.40. The highest BCUT2D eigenvalue weighted by atomic mass is 16.3. The van der Waals surface area contributed by atoms with Crippen LogP contribution in [0, 0.1) is 6.92 Å². The van der Waals surface area contributed by atoms with Crippen LogP contribution in [-0.2, 0) is 33.1 Å². The minimum atomic E-state index is -0.150. The lowest BCUT2D eigenvalue weighted by Gasteiger charge is -2.28. The molecule has 0 radical (unpaired) electrons. The molecule has 0 atom stereocenters. The van der Waals surface area contributed by atoms with Gasteiger partial charge in [0.15, 0.2) is 0 Å². The van der Waals surface area contributed by atoms with Crippen LogP contribution in [0.3, 0.4) is 0 Å². The normalized spacial score (nSPS) is 12.8.